The molecule has 0 atom stereocenters. The standard InChI is InChI=1S/C10H11N3O3/c1-13-9(11)5-6(12-13)7-3-4-8(16-7)10(14)15-2/h3-5H,11H2,1-2H3. The van der Waals surface area contributed by atoms with Crippen LogP contribution in [0.15, 0.2) is 22.6 Å². The Bertz CT molecular complexity index is 508. The van der Waals surface area contributed by atoms with Gasteiger partial charge in [0.2, 0.25) is 5.76 Å². The first-order chi connectivity index (χ1) is 7.61. The summed E-state index contributed by atoms with van der Waals surface area (Å²) in [5, 5.41) is 4.12. The average molecular weight is 221 g/mol. The molecule has 0 aliphatic carbocycles. The molecule has 16 heavy (non-hydrogen) atoms. The molecule has 6 nitrogen and oxygen atoms in total. The van der Waals surface area contributed by atoms with Gasteiger partial charge in [0.05, 0.1) is 7.11 Å². The molecule has 0 bridgehead atoms. The zero-order valence-electron chi connectivity index (χ0n) is 8.93. The normalized spacial score (nSPS) is 10.4. The third-order valence-electron chi connectivity index (χ3n) is 2.16. The van der Waals surface area contributed by atoms with Crippen LogP contribution in [0.1, 0.15) is 10.6 Å². The van der Waals surface area contributed by atoms with Gasteiger partial charge in [-0.1, -0.05) is 0 Å². The first-order valence-electron chi connectivity index (χ1n) is 4.60. The lowest BCUT2D eigenvalue weighted by Crippen LogP contribution is -1.98. The van der Waals surface area contributed by atoms with Crippen LogP contribution >= 0.6 is 0 Å². The van der Waals surface area contributed by atoms with E-state index in [-0.39, 0.29) is 5.76 Å². The Labute approximate surface area is 91.6 Å². The van der Waals surface area contributed by atoms with Crippen molar-refractivity contribution in [2.75, 3.05) is 12.8 Å². The molecule has 2 aromatic rings. The van der Waals surface area contributed by atoms with Crippen molar-refractivity contribution >= 4 is 11.8 Å². The average Bonchev–Trinajstić information content (AvgIpc) is 2.86. The Balaban J connectivity index is 2.35. The predicted molar refractivity (Wildman–Crippen MR) is 56.7 cm³/mol. The highest BCUT2D eigenvalue weighted by molar-refractivity contribution is 5.86. The number of esters is 1. The first-order valence-corrected chi connectivity index (χ1v) is 4.60. The van der Waals surface area contributed by atoms with E-state index in [1.807, 2.05) is 0 Å². The van der Waals surface area contributed by atoms with E-state index in [9.17, 15) is 4.79 Å². The summed E-state index contributed by atoms with van der Waals surface area (Å²) in [6.45, 7) is 0. The summed E-state index contributed by atoms with van der Waals surface area (Å²) >= 11 is 0. The number of aromatic nitrogens is 2. The van der Waals surface area contributed by atoms with Crippen LogP contribution < -0.4 is 5.73 Å². The lowest BCUT2D eigenvalue weighted by molar-refractivity contribution is 0.0566. The van der Waals surface area contributed by atoms with E-state index in [0.29, 0.717) is 17.3 Å². The minimum Gasteiger partial charge on any atom is -0.463 e. The minimum atomic E-state index is -0.518. The number of rotatable bonds is 2. The van der Waals surface area contributed by atoms with Crippen molar-refractivity contribution in [3.05, 3.63) is 24.0 Å². The molecule has 0 radical (unpaired) electrons. The van der Waals surface area contributed by atoms with E-state index in [0.717, 1.165) is 0 Å². The minimum absolute atomic E-state index is 0.140. The molecule has 2 aromatic heterocycles. The molecule has 84 valence electrons. The van der Waals surface area contributed by atoms with Gasteiger partial charge in [-0.15, -0.1) is 0 Å². The number of carbonyl (C=O) groups is 1. The Kier molecular flexibility index (Phi) is 2.40. The molecule has 2 rings (SSSR count). The fourth-order valence-electron chi connectivity index (χ4n) is 1.29. The van der Waals surface area contributed by atoms with Crippen molar-refractivity contribution in [3.63, 3.8) is 0 Å². The Morgan fingerprint density at radius 3 is 2.88 bits per heavy atom. The molecule has 0 unspecified atom stereocenters. The zero-order valence-corrected chi connectivity index (χ0v) is 8.93. The van der Waals surface area contributed by atoms with Gasteiger partial charge in [0.1, 0.15) is 11.5 Å². The number of carbonyl (C=O) groups excluding carboxylic acids is 1. The number of hydrogen-bond acceptors (Lipinski definition) is 5. The third kappa shape index (κ3) is 1.65. The monoisotopic (exact) mass is 221 g/mol. The van der Waals surface area contributed by atoms with Crippen molar-refractivity contribution in [3.8, 4) is 11.5 Å². The molecule has 0 aliphatic rings. The van der Waals surface area contributed by atoms with Crippen molar-refractivity contribution in [1.29, 1.82) is 0 Å². The number of ether oxygens (including phenoxy) is 1. The van der Waals surface area contributed by atoms with Gasteiger partial charge in [0, 0.05) is 13.1 Å². The lowest BCUT2D eigenvalue weighted by Gasteiger charge is -1.92. The fourth-order valence-corrected chi connectivity index (χ4v) is 1.29. The van der Waals surface area contributed by atoms with Gasteiger partial charge in [0.15, 0.2) is 5.76 Å². The summed E-state index contributed by atoms with van der Waals surface area (Å²) in [4.78, 5) is 11.2. The van der Waals surface area contributed by atoms with Gasteiger partial charge in [0.25, 0.3) is 0 Å². The van der Waals surface area contributed by atoms with E-state index in [2.05, 4.69) is 9.84 Å². The summed E-state index contributed by atoms with van der Waals surface area (Å²) in [6, 6.07) is 4.85. The number of hydrogen-bond donors (Lipinski definition) is 1. The second kappa shape index (κ2) is 3.73. The number of nitrogen functional groups attached to an aromatic ring is 1. The topological polar surface area (TPSA) is 83.3 Å². The number of aryl methyl sites for hydroxylation is 1. The summed E-state index contributed by atoms with van der Waals surface area (Å²) in [5.74, 6) is 0.621. The molecule has 2 N–H and O–H groups in total. The van der Waals surface area contributed by atoms with E-state index in [1.165, 1.54) is 17.9 Å². The molecule has 0 aromatic carbocycles. The predicted octanol–water partition coefficient (Wildman–Crippen LogP) is 1.05. The summed E-state index contributed by atoms with van der Waals surface area (Å²) in [7, 11) is 3.02. The Morgan fingerprint density at radius 1 is 1.56 bits per heavy atom. The molecule has 0 spiro atoms. The highest BCUT2D eigenvalue weighted by atomic mass is 16.5. The molecular weight excluding hydrogens is 210 g/mol. The maximum atomic E-state index is 11.2. The number of nitrogens with two attached hydrogens (primary N) is 1. The van der Waals surface area contributed by atoms with Crippen LogP contribution in [-0.4, -0.2) is 22.9 Å². The van der Waals surface area contributed by atoms with Gasteiger partial charge in [-0.25, -0.2) is 4.79 Å². The van der Waals surface area contributed by atoms with Crippen LogP contribution in [0.4, 0.5) is 5.82 Å². The molecular formula is C10H11N3O3. The van der Waals surface area contributed by atoms with Crippen molar-refractivity contribution < 1.29 is 13.9 Å². The second-order valence-electron chi connectivity index (χ2n) is 3.23. The van der Waals surface area contributed by atoms with Crippen LogP contribution in [0.2, 0.25) is 0 Å². The molecule has 2 heterocycles. The van der Waals surface area contributed by atoms with Crippen molar-refractivity contribution in [2.45, 2.75) is 0 Å². The smallest absolute Gasteiger partial charge is 0.373 e. The first kappa shape index (κ1) is 10.3. The van der Waals surface area contributed by atoms with Crippen LogP contribution in [0.25, 0.3) is 11.5 Å². The number of anilines is 1. The van der Waals surface area contributed by atoms with Gasteiger partial charge in [-0.3, -0.25) is 4.68 Å². The second-order valence-corrected chi connectivity index (χ2v) is 3.23. The van der Waals surface area contributed by atoms with Gasteiger partial charge < -0.3 is 14.9 Å². The van der Waals surface area contributed by atoms with Crippen LogP contribution in [0.3, 0.4) is 0 Å². The molecule has 0 amide bonds. The zero-order chi connectivity index (χ0) is 11.7. The fraction of sp³-hybridized carbons (Fsp3) is 0.200. The number of methoxy groups -OCH3 is 1. The number of nitrogens with zero attached hydrogens (tertiary/aromatic N) is 2. The third-order valence-corrected chi connectivity index (χ3v) is 2.16. The molecule has 0 saturated heterocycles. The van der Waals surface area contributed by atoms with Crippen molar-refractivity contribution in [2.24, 2.45) is 7.05 Å². The largest absolute Gasteiger partial charge is 0.463 e. The highest BCUT2D eigenvalue weighted by Crippen LogP contribution is 2.22. The Hall–Kier alpha value is -2.24. The van der Waals surface area contributed by atoms with E-state index in [4.69, 9.17) is 10.2 Å². The summed E-state index contributed by atoms with van der Waals surface area (Å²) < 4.78 is 11.3. The van der Waals surface area contributed by atoms with Gasteiger partial charge in [-0.2, -0.15) is 5.10 Å². The van der Waals surface area contributed by atoms with Crippen LogP contribution in [-0.2, 0) is 11.8 Å². The lowest BCUT2D eigenvalue weighted by atomic mass is 10.3. The number of furan rings is 1. The maximum absolute atomic E-state index is 11.2. The van der Waals surface area contributed by atoms with Crippen molar-refractivity contribution in [1.82, 2.24) is 9.78 Å². The molecule has 0 saturated carbocycles. The van der Waals surface area contributed by atoms with E-state index >= 15 is 0 Å². The highest BCUT2D eigenvalue weighted by Gasteiger charge is 2.14. The van der Waals surface area contributed by atoms with Gasteiger partial charge in [-0.05, 0) is 12.1 Å². The molecule has 6 heteroatoms. The van der Waals surface area contributed by atoms with Gasteiger partial charge >= 0.3 is 5.97 Å². The summed E-state index contributed by atoms with van der Waals surface area (Å²) in [6.07, 6.45) is 0. The van der Waals surface area contributed by atoms with E-state index in [1.54, 1.807) is 19.2 Å². The molecule has 0 fully saturated rings. The maximum Gasteiger partial charge on any atom is 0.373 e. The summed E-state index contributed by atoms with van der Waals surface area (Å²) in [5.41, 5.74) is 6.22. The van der Waals surface area contributed by atoms with Crippen LogP contribution in [0, 0.1) is 0 Å². The van der Waals surface area contributed by atoms with Crippen LogP contribution in [0.5, 0.6) is 0 Å². The SMILES string of the molecule is COC(=O)c1ccc(-c2cc(N)n(C)n2)o1. The Morgan fingerprint density at radius 2 is 2.31 bits per heavy atom. The quantitative estimate of drug-likeness (QED) is 0.766. The molecule has 0 aliphatic heterocycles. The van der Waals surface area contributed by atoms with E-state index < -0.39 is 5.97 Å².